The van der Waals surface area contributed by atoms with Crippen molar-refractivity contribution < 1.29 is 0 Å². The summed E-state index contributed by atoms with van der Waals surface area (Å²) < 4.78 is 2.39. The third kappa shape index (κ3) is 2.96. The number of aryl methyl sites for hydroxylation is 1. The van der Waals surface area contributed by atoms with Gasteiger partial charge in [0, 0.05) is 30.5 Å². The molecule has 1 aromatic heterocycles. The molecule has 0 unspecified atom stereocenters. The van der Waals surface area contributed by atoms with Gasteiger partial charge in [0.1, 0.15) is 0 Å². The smallest absolute Gasteiger partial charge is 0.0225 e. The van der Waals surface area contributed by atoms with E-state index >= 15 is 0 Å². The van der Waals surface area contributed by atoms with Gasteiger partial charge in [-0.05, 0) is 65.4 Å². The molecule has 0 spiro atoms. The summed E-state index contributed by atoms with van der Waals surface area (Å²) in [7, 11) is 2.21. The first kappa shape index (κ1) is 13.6. The molecular weight excluding hydrogens is 222 g/mol. The average Bonchev–Trinajstić information content (AvgIpc) is 2.63. The van der Waals surface area contributed by atoms with Crippen molar-refractivity contribution in [3.63, 3.8) is 0 Å². The Morgan fingerprint density at radius 1 is 1.28 bits per heavy atom. The van der Waals surface area contributed by atoms with Crippen molar-refractivity contribution in [1.82, 2.24) is 14.8 Å². The van der Waals surface area contributed by atoms with Crippen LogP contribution in [0.4, 0.5) is 0 Å². The Hall–Kier alpha value is -0.800. The Labute approximate surface area is 111 Å². The van der Waals surface area contributed by atoms with E-state index in [0.29, 0.717) is 6.04 Å². The second-order valence-corrected chi connectivity index (χ2v) is 5.60. The van der Waals surface area contributed by atoms with E-state index in [2.05, 4.69) is 48.7 Å². The molecule has 18 heavy (non-hydrogen) atoms. The number of nitrogens with zero attached hydrogens (tertiary/aromatic N) is 2. The SMILES string of the molecule is CCn1c(C)cc(CNC2CCN(C)CC2)c1C. The first-order valence-corrected chi connectivity index (χ1v) is 7.19. The van der Waals surface area contributed by atoms with E-state index in [1.807, 2.05) is 0 Å². The van der Waals surface area contributed by atoms with Crippen LogP contribution in [-0.2, 0) is 13.1 Å². The summed E-state index contributed by atoms with van der Waals surface area (Å²) in [5.41, 5.74) is 4.28. The molecule has 0 aromatic carbocycles. The van der Waals surface area contributed by atoms with Crippen LogP contribution in [0.1, 0.15) is 36.7 Å². The van der Waals surface area contributed by atoms with E-state index in [1.165, 1.54) is 42.9 Å². The minimum absolute atomic E-state index is 0.700. The number of hydrogen-bond acceptors (Lipinski definition) is 2. The molecule has 102 valence electrons. The van der Waals surface area contributed by atoms with E-state index in [1.54, 1.807) is 0 Å². The van der Waals surface area contributed by atoms with Gasteiger partial charge in [0.25, 0.3) is 0 Å². The van der Waals surface area contributed by atoms with Crippen LogP contribution in [0.25, 0.3) is 0 Å². The van der Waals surface area contributed by atoms with E-state index < -0.39 is 0 Å². The summed E-state index contributed by atoms with van der Waals surface area (Å²) in [6, 6.07) is 3.03. The Morgan fingerprint density at radius 3 is 2.50 bits per heavy atom. The van der Waals surface area contributed by atoms with Crippen LogP contribution in [0, 0.1) is 13.8 Å². The minimum atomic E-state index is 0.700. The van der Waals surface area contributed by atoms with Gasteiger partial charge in [-0.3, -0.25) is 0 Å². The molecular formula is C15H27N3. The molecule has 1 N–H and O–H groups in total. The van der Waals surface area contributed by atoms with Gasteiger partial charge < -0.3 is 14.8 Å². The van der Waals surface area contributed by atoms with Crippen LogP contribution in [0.2, 0.25) is 0 Å². The highest BCUT2D eigenvalue weighted by Gasteiger charge is 2.16. The van der Waals surface area contributed by atoms with E-state index in [4.69, 9.17) is 0 Å². The van der Waals surface area contributed by atoms with Gasteiger partial charge in [-0.15, -0.1) is 0 Å². The van der Waals surface area contributed by atoms with Gasteiger partial charge in [0.15, 0.2) is 0 Å². The minimum Gasteiger partial charge on any atom is -0.349 e. The lowest BCUT2D eigenvalue weighted by Gasteiger charge is -2.29. The van der Waals surface area contributed by atoms with Crippen molar-refractivity contribution in [2.75, 3.05) is 20.1 Å². The lowest BCUT2D eigenvalue weighted by molar-refractivity contribution is 0.234. The number of aromatic nitrogens is 1. The van der Waals surface area contributed by atoms with E-state index in [9.17, 15) is 0 Å². The zero-order valence-electron chi connectivity index (χ0n) is 12.3. The average molecular weight is 249 g/mol. The van der Waals surface area contributed by atoms with Crippen LogP contribution in [0.15, 0.2) is 6.07 Å². The maximum atomic E-state index is 3.72. The predicted octanol–water partition coefficient (Wildman–Crippen LogP) is 2.31. The van der Waals surface area contributed by atoms with Crippen LogP contribution in [-0.4, -0.2) is 35.6 Å². The molecule has 1 saturated heterocycles. The fraction of sp³-hybridized carbons (Fsp3) is 0.733. The maximum Gasteiger partial charge on any atom is 0.0225 e. The summed E-state index contributed by atoms with van der Waals surface area (Å²) in [4.78, 5) is 2.42. The first-order chi connectivity index (χ1) is 8.61. The largest absolute Gasteiger partial charge is 0.349 e. The molecule has 0 amide bonds. The normalized spacial score (nSPS) is 18.4. The summed E-state index contributed by atoms with van der Waals surface area (Å²) in [5.74, 6) is 0. The Balaban J connectivity index is 1.90. The van der Waals surface area contributed by atoms with Crippen LogP contribution in [0.5, 0.6) is 0 Å². The number of likely N-dealkylation sites (tertiary alicyclic amines) is 1. The summed E-state index contributed by atoms with van der Waals surface area (Å²) in [6.07, 6.45) is 2.56. The van der Waals surface area contributed by atoms with Gasteiger partial charge >= 0.3 is 0 Å². The van der Waals surface area contributed by atoms with Gasteiger partial charge in [-0.2, -0.15) is 0 Å². The first-order valence-electron chi connectivity index (χ1n) is 7.19. The molecule has 0 saturated carbocycles. The lowest BCUT2D eigenvalue weighted by atomic mass is 10.1. The highest BCUT2D eigenvalue weighted by atomic mass is 15.1. The van der Waals surface area contributed by atoms with Gasteiger partial charge in [-0.1, -0.05) is 0 Å². The molecule has 3 nitrogen and oxygen atoms in total. The molecule has 0 radical (unpaired) electrons. The van der Waals surface area contributed by atoms with Crippen molar-refractivity contribution in [1.29, 1.82) is 0 Å². The highest BCUT2D eigenvalue weighted by Crippen LogP contribution is 2.16. The number of nitrogens with one attached hydrogen (secondary N) is 1. The summed E-state index contributed by atoms with van der Waals surface area (Å²) in [5, 5.41) is 3.72. The fourth-order valence-corrected chi connectivity index (χ4v) is 3.00. The number of piperidine rings is 1. The zero-order chi connectivity index (χ0) is 13.1. The predicted molar refractivity (Wildman–Crippen MR) is 76.9 cm³/mol. The van der Waals surface area contributed by atoms with Gasteiger partial charge in [0.05, 0.1) is 0 Å². The standard InChI is InChI=1S/C15H27N3/c1-5-18-12(2)10-14(13(18)3)11-16-15-6-8-17(4)9-7-15/h10,15-16H,5-9,11H2,1-4H3. The van der Waals surface area contributed by atoms with Crippen molar-refractivity contribution in [2.45, 2.75) is 52.7 Å². The van der Waals surface area contributed by atoms with Crippen molar-refractivity contribution >= 4 is 0 Å². The number of rotatable bonds is 4. The van der Waals surface area contributed by atoms with Crippen LogP contribution < -0.4 is 5.32 Å². The molecule has 1 aliphatic heterocycles. The second-order valence-electron chi connectivity index (χ2n) is 5.60. The van der Waals surface area contributed by atoms with Gasteiger partial charge in [0.2, 0.25) is 0 Å². The third-order valence-electron chi connectivity index (χ3n) is 4.29. The van der Waals surface area contributed by atoms with Gasteiger partial charge in [-0.25, -0.2) is 0 Å². The molecule has 3 heteroatoms. The molecule has 1 aliphatic rings. The molecule has 2 rings (SSSR count). The fourth-order valence-electron chi connectivity index (χ4n) is 3.00. The van der Waals surface area contributed by atoms with E-state index in [-0.39, 0.29) is 0 Å². The summed E-state index contributed by atoms with van der Waals surface area (Å²) >= 11 is 0. The molecule has 0 aliphatic carbocycles. The van der Waals surface area contributed by atoms with Crippen LogP contribution in [0.3, 0.4) is 0 Å². The highest BCUT2D eigenvalue weighted by molar-refractivity contribution is 5.26. The Bertz CT molecular complexity index is 387. The van der Waals surface area contributed by atoms with Crippen molar-refractivity contribution in [2.24, 2.45) is 0 Å². The van der Waals surface area contributed by atoms with Crippen LogP contribution >= 0.6 is 0 Å². The van der Waals surface area contributed by atoms with Crippen molar-refractivity contribution in [3.05, 3.63) is 23.0 Å². The topological polar surface area (TPSA) is 20.2 Å². The quantitative estimate of drug-likeness (QED) is 0.883. The maximum absolute atomic E-state index is 3.72. The molecule has 2 heterocycles. The number of hydrogen-bond donors (Lipinski definition) is 1. The molecule has 1 aromatic rings. The lowest BCUT2D eigenvalue weighted by Crippen LogP contribution is -2.40. The Kier molecular flexibility index (Phi) is 4.46. The van der Waals surface area contributed by atoms with E-state index in [0.717, 1.165) is 13.1 Å². The second kappa shape index (κ2) is 5.89. The summed E-state index contributed by atoms with van der Waals surface area (Å²) in [6.45, 7) is 11.2. The molecule has 0 bridgehead atoms. The Morgan fingerprint density at radius 2 is 1.94 bits per heavy atom. The van der Waals surface area contributed by atoms with Crippen molar-refractivity contribution in [3.8, 4) is 0 Å². The third-order valence-corrected chi connectivity index (χ3v) is 4.29. The molecule has 0 atom stereocenters. The zero-order valence-corrected chi connectivity index (χ0v) is 12.3. The monoisotopic (exact) mass is 249 g/mol. The molecule has 1 fully saturated rings.